The van der Waals surface area contributed by atoms with Gasteiger partial charge in [0.15, 0.2) is 0 Å². The second-order valence-corrected chi connectivity index (χ2v) is 4.21. The van der Waals surface area contributed by atoms with Gasteiger partial charge in [0, 0.05) is 11.9 Å². The number of alkyl halides is 1. The highest BCUT2D eigenvalue weighted by Gasteiger charge is 2.17. The maximum Gasteiger partial charge on any atom is 0.227 e. The van der Waals surface area contributed by atoms with Crippen LogP contribution in [0.25, 0.3) is 0 Å². The van der Waals surface area contributed by atoms with Crippen molar-refractivity contribution in [3.05, 3.63) is 35.9 Å². The van der Waals surface area contributed by atoms with Crippen LogP contribution in [0.4, 0.5) is 0 Å². The minimum Gasteiger partial charge on any atom is -0.352 e. The second-order valence-electron chi connectivity index (χ2n) is 3.90. The molecule has 0 spiro atoms. The summed E-state index contributed by atoms with van der Waals surface area (Å²) in [6.45, 7) is 3.92. The predicted molar refractivity (Wildman–Crippen MR) is 67.8 cm³/mol. The van der Waals surface area contributed by atoms with Gasteiger partial charge in [-0.3, -0.25) is 4.79 Å². The predicted octanol–water partition coefficient (Wildman–Crippen LogP) is 2.92. The Morgan fingerprint density at radius 2 is 2.00 bits per heavy atom. The van der Waals surface area contributed by atoms with Crippen LogP contribution in [0.1, 0.15) is 31.7 Å². The molecule has 1 amide bonds. The highest BCUT2D eigenvalue weighted by atomic mass is 35.5. The van der Waals surface area contributed by atoms with Gasteiger partial charge in [-0.1, -0.05) is 37.3 Å². The summed E-state index contributed by atoms with van der Waals surface area (Å²) in [5.74, 6) is 0.376. The SMILES string of the molecule is CCC(CCl)NC(=O)C(C)c1ccccc1. The van der Waals surface area contributed by atoms with E-state index in [1.807, 2.05) is 44.2 Å². The zero-order chi connectivity index (χ0) is 12.0. The van der Waals surface area contributed by atoms with E-state index in [1.54, 1.807) is 0 Å². The molecule has 2 atom stereocenters. The summed E-state index contributed by atoms with van der Waals surface area (Å²) in [5.41, 5.74) is 1.03. The smallest absolute Gasteiger partial charge is 0.227 e. The van der Waals surface area contributed by atoms with Crippen LogP contribution < -0.4 is 5.32 Å². The van der Waals surface area contributed by atoms with Gasteiger partial charge in [-0.25, -0.2) is 0 Å². The number of carbonyl (C=O) groups is 1. The average Bonchev–Trinajstić information content (AvgIpc) is 2.35. The first-order valence-electron chi connectivity index (χ1n) is 5.60. The van der Waals surface area contributed by atoms with Crippen molar-refractivity contribution in [2.45, 2.75) is 32.2 Å². The van der Waals surface area contributed by atoms with Crippen LogP contribution in [0.2, 0.25) is 0 Å². The molecule has 0 bridgehead atoms. The molecule has 0 saturated heterocycles. The fourth-order valence-electron chi connectivity index (χ4n) is 1.47. The van der Waals surface area contributed by atoms with Crippen molar-refractivity contribution in [2.24, 2.45) is 0 Å². The van der Waals surface area contributed by atoms with E-state index in [0.717, 1.165) is 12.0 Å². The van der Waals surface area contributed by atoms with E-state index in [-0.39, 0.29) is 17.9 Å². The molecule has 0 radical (unpaired) electrons. The molecule has 1 aromatic carbocycles. The summed E-state index contributed by atoms with van der Waals surface area (Å²) >= 11 is 5.75. The summed E-state index contributed by atoms with van der Waals surface area (Å²) in [7, 11) is 0. The van der Waals surface area contributed by atoms with Crippen molar-refractivity contribution in [3.8, 4) is 0 Å². The fourth-order valence-corrected chi connectivity index (χ4v) is 1.76. The lowest BCUT2D eigenvalue weighted by Crippen LogP contribution is -2.38. The minimum atomic E-state index is -0.126. The van der Waals surface area contributed by atoms with Crippen molar-refractivity contribution in [1.82, 2.24) is 5.32 Å². The summed E-state index contributed by atoms with van der Waals surface area (Å²) in [6.07, 6.45) is 0.858. The van der Waals surface area contributed by atoms with E-state index >= 15 is 0 Å². The monoisotopic (exact) mass is 239 g/mol. The lowest BCUT2D eigenvalue weighted by molar-refractivity contribution is -0.122. The number of hydrogen-bond acceptors (Lipinski definition) is 1. The zero-order valence-electron chi connectivity index (χ0n) is 9.74. The molecule has 2 nitrogen and oxygen atoms in total. The normalized spacial score (nSPS) is 14.2. The van der Waals surface area contributed by atoms with Crippen molar-refractivity contribution in [3.63, 3.8) is 0 Å². The molecule has 0 aliphatic carbocycles. The number of benzene rings is 1. The molecule has 0 fully saturated rings. The van der Waals surface area contributed by atoms with Crippen molar-refractivity contribution in [1.29, 1.82) is 0 Å². The molecule has 1 aromatic rings. The topological polar surface area (TPSA) is 29.1 Å². The van der Waals surface area contributed by atoms with Crippen molar-refractivity contribution >= 4 is 17.5 Å². The van der Waals surface area contributed by atoms with E-state index in [9.17, 15) is 4.79 Å². The second kappa shape index (κ2) is 6.54. The Labute approximate surface area is 102 Å². The molecule has 2 unspecified atom stereocenters. The molecule has 1 rings (SSSR count). The number of halogens is 1. The quantitative estimate of drug-likeness (QED) is 0.787. The van der Waals surface area contributed by atoms with Crippen molar-refractivity contribution in [2.75, 3.05) is 5.88 Å². The number of rotatable bonds is 5. The minimum absolute atomic E-state index is 0.0405. The molecule has 0 aliphatic heterocycles. The molecule has 3 heteroatoms. The summed E-state index contributed by atoms with van der Waals surface area (Å²) in [4.78, 5) is 11.9. The standard InChI is InChI=1S/C13H18ClNO/c1-3-12(9-14)15-13(16)10(2)11-7-5-4-6-8-11/h4-8,10,12H,3,9H2,1-2H3,(H,15,16). The average molecular weight is 240 g/mol. The van der Waals surface area contributed by atoms with E-state index in [4.69, 9.17) is 11.6 Å². The van der Waals surface area contributed by atoms with Crippen LogP contribution in [0.15, 0.2) is 30.3 Å². The third-order valence-electron chi connectivity index (χ3n) is 2.72. The first-order chi connectivity index (χ1) is 7.69. The Morgan fingerprint density at radius 3 is 2.50 bits per heavy atom. The summed E-state index contributed by atoms with van der Waals surface area (Å²) in [5, 5.41) is 2.94. The van der Waals surface area contributed by atoms with Crippen LogP contribution in [-0.4, -0.2) is 17.8 Å². The fraction of sp³-hybridized carbons (Fsp3) is 0.462. The molecular weight excluding hydrogens is 222 g/mol. The number of amides is 1. The van der Waals surface area contributed by atoms with Crippen molar-refractivity contribution < 1.29 is 4.79 Å². The van der Waals surface area contributed by atoms with Crippen LogP contribution in [0, 0.1) is 0 Å². The first kappa shape index (κ1) is 13.0. The summed E-state index contributed by atoms with van der Waals surface area (Å²) < 4.78 is 0. The van der Waals surface area contributed by atoms with Gasteiger partial charge in [-0.15, -0.1) is 11.6 Å². The molecule has 0 aromatic heterocycles. The summed E-state index contributed by atoms with van der Waals surface area (Å²) in [6, 6.07) is 9.83. The van der Waals surface area contributed by atoms with Crippen LogP contribution in [-0.2, 0) is 4.79 Å². The molecule has 0 heterocycles. The molecule has 1 N–H and O–H groups in total. The van der Waals surface area contributed by atoms with E-state index in [1.165, 1.54) is 0 Å². The van der Waals surface area contributed by atoms with Gasteiger partial charge in [0.05, 0.1) is 5.92 Å². The van der Waals surface area contributed by atoms with Gasteiger partial charge in [0.2, 0.25) is 5.91 Å². The molecular formula is C13H18ClNO. The Balaban J connectivity index is 2.61. The van der Waals surface area contributed by atoms with Gasteiger partial charge in [0.1, 0.15) is 0 Å². The van der Waals surface area contributed by atoms with Gasteiger partial charge >= 0.3 is 0 Å². The van der Waals surface area contributed by atoms with Gasteiger partial charge in [0.25, 0.3) is 0 Å². The first-order valence-corrected chi connectivity index (χ1v) is 6.13. The maximum absolute atomic E-state index is 11.9. The lowest BCUT2D eigenvalue weighted by atomic mass is 10.00. The largest absolute Gasteiger partial charge is 0.352 e. The van der Waals surface area contributed by atoms with Gasteiger partial charge in [-0.05, 0) is 18.9 Å². The molecule has 16 heavy (non-hydrogen) atoms. The Morgan fingerprint density at radius 1 is 1.38 bits per heavy atom. The third kappa shape index (κ3) is 3.53. The van der Waals surface area contributed by atoms with Crippen LogP contribution in [0.5, 0.6) is 0 Å². The lowest BCUT2D eigenvalue weighted by Gasteiger charge is -2.17. The molecule has 88 valence electrons. The van der Waals surface area contributed by atoms with Gasteiger partial charge in [-0.2, -0.15) is 0 Å². The van der Waals surface area contributed by atoms with Crippen LogP contribution in [0.3, 0.4) is 0 Å². The molecule has 0 saturated carbocycles. The zero-order valence-corrected chi connectivity index (χ0v) is 10.5. The number of hydrogen-bond donors (Lipinski definition) is 1. The van der Waals surface area contributed by atoms with Crippen LogP contribution >= 0.6 is 11.6 Å². The maximum atomic E-state index is 11.9. The van der Waals surface area contributed by atoms with E-state index < -0.39 is 0 Å². The molecule has 0 aliphatic rings. The number of carbonyl (C=O) groups excluding carboxylic acids is 1. The van der Waals surface area contributed by atoms with Gasteiger partial charge < -0.3 is 5.32 Å². The highest BCUT2D eigenvalue weighted by molar-refractivity contribution is 6.18. The highest BCUT2D eigenvalue weighted by Crippen LogP contribution is 2.14. The van der Waals surface area contributed by atoms with E-state index in [2.05, 4.69) is 5.32 Å². The Hall–Kier alpha value is -1.02. The van der Waals surface area contributed by atoms with E-state index in [0.29, 0.717) is 5.88 Å². The Kier molecular flexibility index (Phi) is 5.33. The third-order valence-corrected chi connectivity index (χ3v) is 3.09. The number of nitrogens with one attached hydrogen (secondary N) is 1. The Bertz CT molecular complexity index is 322.